The van der Waals surface area contributed by atoms with E-state index in [9.17, 15) is 0 Å². The molecule has 26 heavy (non-hydrogen) atoms. The molecule has 0 amide bonds. The summed E-state index contributed by atoms with van der Waals surface area (Å²) in [7, 11) is 0. The molecule has 2 saturated heterocycles. The lowest BCUT2D eigenvalue weighted by molar-refractivity contribution is 0.0864. The molecule has 0 aromatic carbocycles. The molecule has 2 aliphatic heterocycles. The molecule has 2 rings (SSSR count). The Hall–Kier alpha value is -0.0800. The SMILES string of the molecule is [CH2]CCCC[C](C1CC(C)(C)NC(C)(C)C1)C1CC(C)(C)NC(C)(C)C1. The second kappa shape index (κ2) is 7.74. The maximum Gasteiger partial charge on any atom is 0.0132 e. The third-order valence-electron chi connectivity index (χ3n) is 6.39. The highest BCUT2D eigenvalue weighted by atomic mass is 15.1. The first-order valence-corrected chi connectivity index (χ1v) is 11.0. The van der Waals surface area contributed by atoms with Gasteiger partial charge in [0.25, 0.3) is 0 Å². The van der Waals surface area contributed by atoms with Crippen molar-refractivity contribution in [2.45, 2.75) is 129 Å². The summed E-state index contributed by atoms with van der Waals surface area (Å²) in [5, 5.41) is 7.77. The van der Waals surface area contributed by atoms with Gasteiger partial charge in [0.05, 0.1) is 0 Å². The number of piperidine rings is 2. The summed E-state index contributed by atoms with van der Waals surface area (Å²) in [6, 6.07) is 0. The van der Waals surface area contributed by atoms with E-state index in [0.29, 0.717) is 0 Å². The summed E-state index contributed by atoms with van der Waals surface area (Å²) in [5.74, 6) is 3.38. The van der Waals surface area contributed by atoms with Crippen LogP contribution in [-0.2, 0) is 0 Å². The van der Waals surface area contributed by atoms with Gasteiger partial charge in [-0.15, -0.1) is 0 Å². The largest absolute Gasteiger partial charge is 0.307 e. The van der Waals surface area contributed by atoms with E-state index >= 15 is 0 Å². The average molecular weight is 363 g/mol. The number of hydrogen-bond acceptors (Lipinski definition) is 2. The molecule has 2 fully saturated rings. The molecule has 2 nitrogen and oxygen atoms in total. The molecule has 152 valence electrons. The second-order valence-corrected chi connectivity index (χ2v) is 11.9. The van der Waals surface area contributed by atoms with Gasteiger partial charge in [0.15, 0.2) is 0 Å². The van der Waals surface area contributed by atoms with E-state index in [1.165, 1.54) is 44.9 Å². The van der Waals surface area contributed by atoms with Crippen molar-refractivity contribution in [1.82, 2.24) is 10.6 Å². The van der Waals surface area contributed by atoms with E-state index in [-0.39, 0.29) is 22.2 Å². The fourth-order valence-electron chi connectivity index (χ4n) is 6.42. The van der Waals surface area contributed by atoms with Crippen LogP contribution in [0.4, 0.5) is 0 Å². The normalized spacial score (nSPS) is 28.4. The predicted molar refractivity (Wildman–Crippen MR) is 115 cm³/mol. The minimum atomic E-state index is 0.224. The number of nitrogens with one attached hydrogen (secondary N) is 2. The van der Waals surface area contributed by atoms with Gasteiger partial charge in [0.2, 0.25) is 0 Å². The predicted octanol–water partition coefficient (Wildman–Crippen LogP) is 6.07. The van der Waals surface area contributed by atoms with Crippen LogP contribution in [0, 0.1) is 24.7 Å². The van der Waals surface area contributed by atoms with E-state index in [0.717, 1.165) is 18.3 Å². The van der Waals surface area contributed by atoms with E-state index in [1.807, 2.05) is 5.92 Å². The highest BCUT2D eigenvalue weighted by Gasteiger charge is 2.46. The molecule has 0 bridgehead atoms. The van der Waals surface area contributed by atoms with E-state index in [2.05, 4.69) is 72.9 Å². The molecule has 0 atom stereocenters. The molecular weight excluding hydrogens is 316 g/mol. The van der Waals surface area contributed by atoms with Crippen LogP contribution >= 0.6 is 0 Å². The fraction of sp³-hybridized carbons (Fsp3) is 0.917. The van der Waals surface area contributed by atoms with Gasteiger partial charge in [-0.3, -0.25) is 0 Å². The average Bonchev–Trinajstić information content (AvgIpc) is 2.36. The van der Waals surface area contributed by atoms with Gasteiger partial charge >= 0.3 is 0 Å². The van der Waals surface area contributed by atoms with Gasteiger partial charge < -0.3 is 10.6 Å². The first-order chi connectivity index (χ1) is 11.7. The Labute approximate surface area is 164 Å². The van der Waals surface area contributed by atoms with Crippen molar-refractivity contribution in [3.05, 3.63) is 12.8 Å². The molecule has 0 aliphatic carbocycles. The van der Waals surface area contributed by atoms with Crippen LogP contribution in [0.15, 0.2) is 0 Å². The molecule has 2 N–H and O–H groups in total. The van der Waals surface area contributed by atoms with Crippen molar-refractivity contribution in [2.24, 2.45) is 11.8 Å². The molecule has 0 spiro atoms. The zero-order chi connectivity index (χ0) is 19.8. The summed E-state index contributed by atoms with van der Waals surface area (Å²) in [6.45, 7) is 23.2. The lowest BCUT2D eigenvalue weighted by Crippen LogP contribution is -2.61. The topological polar surface area (TPSA) is 24.1 Å². The van der Waals surface area contributed by atoms with Crippen molar-refractivity contribution >= 4 is 0 Å². The third-order valence-corrected chi connectivity index (χ3v) is 6.39. The Kier molecular flexibility index (Phi) is 6.61. The van der Waals surface area contributed by atoms with Crippen LogP contribution in [-0.4, -0.2) is 22.2 Å². The van der Waals surface area contributed by atoms with Gasteiger partial charge in [-0.2, -0.15) is 0 Å². The van der Waals surface area contributed by atoms with Gasteiger partial charge in [-0.1, -0.05) is 26.2 Å². The Bertz CT molecular complexity index is 391. The fourth-order valence-corrected chi connectivity index (χ4v) is 6.42. The first kappa shape index (κ1) is 22.2. The zero-order valence-corrected chi connectivity index (χ0v) is 19.0. The summed E-state index contributed by atoms with van der Waals surface area (Å²) in [6.07, 6.45) is 10.1. The standard InChI is InChI=1S/C24H46N2/c1-10-11-12-13-20(18-14-21(2,3)25-22(4,5)15-18)19-16-23(6,7)26-24(8,9)17-19/h18-19,25-26H,1,10-17H2,2-9H3. The van der Waals surface area contributed by atoms with Gasteiger partial charge in [0.1, 0.15) is 0 Å². The minimum absolute atomic E-state index is 0.224. The summed E-state index contributed by atoms with van der Waals surface area (Å²) < 4.78 is 0. The molecule has 2 heteroatoms. The van der Waals surface area contributed by atoms with Crippen molar-refractivity contribution < 1.29 is 0 Å². The zero-order valence-electron chi connectivity index (χ0n) is 19.0. The van der Waals surface area contributed by atoms with E-state index in [1.54, 1.807) is 0 Å². The van der Waals surface area contributed by atoms with Crippen molar-refractivity contribution in [1.29, 1.82) is 0 Å². The van der Waals surface area contributed by atoms with Crippen molar-refractivity contribution in [3.8, 4) is 0 Å². The van der Waals surface area contributed by atoms with Gasteiger partial charge in [-0.05, 0) is 105 Å². The van der Waals surface area contributed by atoms with E-state index in [4.69, 9.17) is 0 Å². The highest BCUT2D eigenvalue weighted by Crippen LogP contribution is 2.48. The first-order valence-electron chi connectivity index (χ1n) is 11.0. The molecular formula is C24H46N2. The Morgan fingerprint density at radius 1 is 0.692 bits per heavy atom. The van der Waals surface area contributed by atoms with Crippen LogP contribution in [0.3, 0.4) is 0 Å². The Balaban J connectivity index is 2.24. The van der Waals surface area contributed by atoms with Crippen LogP contribution in [0.2, 0.25) is 0 Å². The monoisotopic (exact) mass is 362 g/mol. The summed E-state index contributed by atoms with van der Waals surface area (Å²) in [5.41, 5.74) is 0.897. The summed E-state index contributed by atoms with van der Waals surface area (Å²) in [4.78, 5) is 0. The molecule has 0 saturated carbocycles. The maximum absolute atomic E-state index is 4.07. The van der Waals surface area contributed by atoms with Crippen LogP contribution in [0.1, 0.15) is 107 Å². The smallest absolute Gasteiger partial charge is 0.0132 e. The molecule has 2 aliphatic rings. The van der Waals surface area contributed by atoms with Crippen LogP contribution < -0.4 is 10.6 Å². The molecule has 0 aromatic rings. The quantitative estimate of drug-likeness (QED) is 0.560. The third kappa shape index (κ3) is 6.23. The molecule has 2 heterocycles. The molecule has 2 radical (unpaired) electrons. The highest BCUT2D eigenvalue weighted by molar-refractivity contribution is 5.14. The Morgan fingerprint density at radius 3 is 1.35 bits per heavy atom. The number of hydrogen-bond donors (Lipinski definition) is 2. The van der Waals surface area contributed by atoms with Crippen molar-refractivity contribution in [2.75, 3.05) is 0 Å². The lowest BCUT2D eigenvalue weighted by Gasteiger charge is -2.53. The van der Waals surface area contributed by atoms with Crippen molar-refractivity contribution in [3.63, 3.8) is 0 Å². The Morgan fingerprint density at radius 2 is 1.04 bits per heavy atom. The van der Waals surface area contributed by atoms with Gasteiger partial charge in [0, 0.05) is 22.2 Å². The summed E-state index contributed by atoms with van der Waals surface area (Å²) >= 11 is 0. The van der Waals surface area contributed by atoms with Gasteiger partial charge in [-0.25, -0.2) is 0 Å². The number of rotatable bonds is 6. The molecule has 0 unspecified atom stereocenters. The maximum atomic E-state index is 4.07. The van der Waals surface area contributed by atoms with E-state index < -0.39 is 0 Å². The van der Waals surface area contributed by atoms with Crippen LogP contribution in [0.25, 0.3) is 0 Å². The molecule has 0 aromatic heterocycles. The number of unbranched alkanes of at least 4 members (excludes halogenated alkanes) is 2. The lowest BCUT2D eigenvalue weighted by atomic mass is 9.61. The minimum Gasteiger partial charge on any atom is -0.307 e. The van der Waals surface area contributed by atoms with Crippen LogP contribution in [0.5, 0.6) is 0 Å². The second-order valence-electron chi connectivity index (χ2n) is 11.9.